The number of carbonyl (C=O) groups excluding carboxylic acids is 1. The second-order valence-corrected chi connectivity index (χ2v) is 4.23. The van der Waals surface area contributed by atoms with E-state index < -0.39 is 0 Å². The minimum atomic E-state index is -0.311. The highest BCUT2D eigenvalue weighted by Crippen LogP contribution is 2.15. The maximum atomic E-state index is 11.8. The van der Waals surface area contributed by atoms with Crippen LogP contribution in [0.25, 0.3) is 0 Å². The van der Waals surface area contributed by atoms with E-state index in [1.54, 1.807) is 17.5 Å². The van der Waals surface area contributed by atoms with Crippen LogP contribution in [0.1, 0.15) is 17.4 Å². The zero-order valence-electron chi connectivity index (χ0n) is 9.71. The van der Waals surface area contributed by atoms with Crippen molar-refractivity contribution in [2.24, 2.45) is 0 Å². The number of rotatable bonds is 4. The molecule has 2 aromatic rings. The average molecular weight is 264 g/mol. The molecule has 2 heterocycles. The highest BCUT2D eigenvalue weighted by atomic mass is 32.1. The van der Waals surface area contributed by atoms with Gasteiger partial charge >= 0.3 is 0 Å². The van der Waals surface area contributed by atoms with Gasteiger partial charge in [0.2, 0.25) is 5.88 Å². The summed E-state index contributed by atoms with van der Waals surface area (Å²) in [7, 11) is 0. The number of nitrogens with one attached hydrogen (secondary N) is 1. The predicted molar refractivity (Wildman–Crippen MR) is 69.9 cm³/mol. The molecule has 3 N–H and O–H groups in total. The van der Waals surface area contributed by atoms with Gasteiger partial charge in [0.25, 0.3) is 5.91 Å². The number of ether oxygens (including phenoxy) is 1. The molecule has 1 amide bonds. The molecule has 0 radical (unpaired) electrons. The lowest BCUT2D eigenvalue weighted by atomic mass is 10.4. The first-order valence-electron chi connectivity index (χ1n) is 5.30. The monoisotopic (exact) mass is 264 g/mol. The maximum absolute atomic E-state index is 11.8. The van der Waals surface area contributed by atoms with Gasteiger partial charge in [-0.05, 0) is 13.0 Å². The summed E-state index contributed by atoms with van der Waals surface area (Å²) in [5, 5.41) is 4.64. The van der Waals surface area contributed by atoms with Gasteiger partial charge < -0.3 is 15.8 Å². The van der Waals surface area contributed by atoms with E-state index in [-0.39, 0.29) is 5.91 Å². The van der Waals surface area contributed by atoms with Crippen molar-refractivity contribution in [2.45, 2.75) is 6.92 Å². The molecule has 0 aromatic carbocycles. The van der Waals surface area contributed by atoms with Crippen molar-refractivity contribution in [1.82, 2.24) is 9.97 Å². The number of carbonyl (C=O) groups is 1. The molecule has 18 heavy (non-hydrogen) atoms. The topological polar surface area (TPSA) is 90.1 Å². The molecule has 2 rings (SSSR count). The van der Waals surface area contributed by atoms with Crippen LogP contribution in [-0.4, -0.2) is 22.5 Å². The molecule has 6 nitrogen and oxygen atoms in total. The second-order valence-electron chi connectivity index (χ2n) is 3.34. The quantitative estimate of drug-likeness (QED) is 0.878. The van der Waals surface area contributed by atoms with Gasteiger partial charge in [0, 0.05) is 11.4 Å². The predicted octanol–water partition coefficient (Wildman–Crippen LogP) is 1.77. The number of nitrogens with two attached hydrogens (primary N) is 1. The maximum Gasteiger partial charge on any atom is 0.275 e. The van der Waals surface area contributed by atoms with Gasteiger partial charge in [-0.15, -0.1) is 11.3 Å². The summed E-state index contributed by atoms with van der Waals surface area (Å²) in [6.07, 6.45) is 1.53. The number of anilines is 2. The van der Waals surface area contributed by atoms with Crippen molar-refractivity contribution in [3.05, 3.63) is 29.4 Å². The molecule has 2 aromatic heterocycles. The van der Waals surface area contributed by atoms with Crippen LogP contribution in [0, 0.1) is 0 Å². The lowest BCUT2D eigenvalue weighted by molar-refractivity contribution is 0.102. The van der Waals surface area contributed by atoms with Gasteiger partial charge in [0.1, 0.15) is 5.69 Å². The molecule has 0 bridgehead atoms. The van der Waals surface area contributed by atoms with Gasteiger partial charge in [-0.3, -0.25) is 4.79 Å². The lowest BCUT2D eigenvalue weighted by Crippen LogP contribution is -2.12. The molecule has 0 saturated carbocycles. The molecule has 0 aliphatic rings. The minimum Gasteiger partial charge on any atom is -0.478 e. The van der Waals surface area contributed by atoms with Crippen LogP contribution in [0.5, 0.6) is 5.88 Å². The molecule has 0 aliphatic heterocycles. The third kappa shape index (κ3) is 2.95. The largest absolute Gasteiger partial charge is 0.478 e. The Labute approximate surface area is 108 Å². The van der Waals surface area contributed by atoms with E-state index in [0.717, 1.165) is 0 Å². The van der Waals surface area contributed by atoms with Crippen molar-refractivity contribution >= 4 is 28.1 Å². The number of nitrogens with zero attached hydrogens (tertiary/aromatic N) is 2. The zero-order chi connectivity index (χ0) is 13.0. The summed E-state index contributed by atoms with van der Waals surface area (Å²) >= 11 is 1.22. The Kier molecular flexibility index (Phi) is 3.73. The minimum absolute atomic E-state index is 0.298. The van der Waals surface area contributed by atoms with Crippen LogP contribution in [0.2, 0.25) is 0 Å². The van der Waals surface area contributed by atoms with Gasteiger partial charge in [-0.1, -0.05) is 0 Å². The number of thiazole rings is 1. The summed E-state index contributed by atoms with van der Waals surface area (Å²) in [5.41, 5.74) is 6.34. The van der Waals surface area contributed by atoms with Crippen LogP contribution in [0.15, 0.2) is 23.7 Å². The Bertz CT molecular complexity index is 538. The van der Waals surface area contributed by atoms with Crippen LogP contribution in [0.4, 0.5) is 10.8 Å². The summed E-state index contributed by atoms with van der Waals surface area (Å²) in [6.45, 7) is 2.43. The number of hydrogen-bond acceptors (Lipinski definition) is 6. The van der Waals surface area contributed by atoms with Gasteiger partial charge in [0.05, 0.1) is 18.5 Å². The van der Waals surface area contributed by atoms with Crippen molar-refractivity contribution in [2.75, 3.05) is 17.7 Å². The van der Waals surface area contributed by atoms with E-state index in [4.69, 9.17) is 10.5 Å². The second kappa shape index (κ2) is 5.46. The van der Waals surface area contributed by atoms with Crippen LogP contribution in [-0.2, 0) is 0 Å². The molecule has 0 saturated heterocycles. The summed E-state index contributed by atoms with van der Waals surface area (Å²) < 4.78 is 5.20. The molecule has 0 unspecified atom stereocenters. The van der Waals surface area contributed by atoms with E-state index in [1.807, 2.05) is 6.92 Å². The van der Waals surface area contributed by atoms with E-state index in [9.17, 15) is 4.79 Å². The molecular formula is C11H12N4O2S. The summed E-state index contributed by atoms with van der Waals surface area (Å²) in [6, 6.07) is 3.40. The summed E-state index contributed by atoms with van der Waals surface area (Å²) in [5.74, 6) is 0.210. The number of aromatic nitrogens is 2. The lowest BCUT2D eigenvalue weighted by Gasteiger charge is -2.04. The number of nitrogen functional groups attached to an aromatic ring is 1. The van der Waals surface area contributed by atoms with Crippen molar-refractivity contribution < 1.29 is 9.53 Å². The molecule has 0 fully saturated rings. The van der Waals surface area contributed by atoms with Crippen molar-refractivity contribution in [3.8, 4) is 5.88 Å². The Morgan fingerprint density at radius 2 is 2.39 bits per heavy atom. The fourth-order valence-corrected chi connectivity index (χ4v) is 1.82. The Morgan fingerprint density at radius 1 is 1.56 bits per heavy atom. The molecule has 0 aliphatic carbocycles. The smallest absolute Gasteiger partial charge is 0.275 e. The highest BCUT2D eigenvalue weighted by molar-refractivity contribution is 7.13. The molecule has 7 heteroatoms. The third-order valence-electron chi connectivity index (χ3n) is 2.04. The first-order valence-corrected chi connectivity index (χ1v) is 6.18. The number of amides is 1. The first-order chi connectivity index (χ1) is 8.69. The molecular weight excluding hydrogens is 252 g/mol. The van der Waals surface area contributed by atoms with Gasteiger partial charge in [-0.2, -0.15) is 0 Å². The standard InChI is InChI=1S/C11H12N4O2S/c1-2-17-9-4-3-7(5-13-9)14-10(16)8-6-18-11(12)15-8/h3-6H,2H2,1H3,(H2,12,15)(H,14,16). The van der Waals surface area contributed by atoms with E-state index >= 15 is 0 Å². The molecule has 0 spiro atoms. The van der Waals surface area contributed by atoms with Crippen molar-refractivity contribution in [3.63, 3.8) is 0 Å². The van der Waals surface area contributed by atoms with Gasteiger partial charge in [-0.25, -0.2) is 9.97 Å². The van der Waals surface area contributed by atoms with Crippen LogP contribution >= 0.6 is 11.3 Å². The van der Waals surface area contributed by atoms with Crippen molar-refractivity contribution in [1.29, 1.82) is 0 Å². The highest BCUT2D eigenvalue weighted by Gasteiger charge is 2.10. The van der Waals surface area contributed by atoms with E-state index in [2.05, 4.69) is 15.3 Å². The van der Waals surface area contributed by atoms with E-state index in [0.29, 0.717) is 29.0 Å². The van der Waals surface area contributed by atoms with Crippen LogP contribution < -0.4 is 15.8 Å². The third-order valence-corrected chi connectivity index (χ3v) is 2.71. The number of hydrogen-bond donors (Lipinski definition) is 2. The Balaban J connectivity index is 2.03. The Morgan fingerprint density at radius 3 is 2.94 bits per heavy atom. The fraction of sp³-hybridized carbons (Fsp3) is 0.182. The average Bonchev–Trinajstić information content (AvgIpc) is 2.79. The normalized spacial score (nSPS) is 10.1. The fourth-order valence-electron chi connectivity index (χ4n) is 1.27. The molecule has 0 atom stereocenters. The summed E-state index contributed by atoms with van der Waals surface area (Å²) in [4.78, 5) is 19.7. The first kappa shape index (κ1) is 12.3. The Hall–Kier alpha value is -2.15. The van der Waals surface area contributed by atoms with Gasteiger partial charge in [0.15, 0.2) is 5.13 Å². The SMILES string of the molecule is CCOc1ccc(NC(=O)c2csc(N)n2)cn1. The molecule has 94 valence electrons. The number of pyridine rings is 1. The van der Waals surface area contributed by atoms with Crippen LogP contribution in [0.3, 0.4) is 0 Å². The zero-order valence-corrected chi connectivity index (χ0v) is 10.5. The van der Waals surface area contributed by atoms with E-state index in [1.165, 1.54) is 17.5 Å².